The van der Waals surface area contributed by atoms with Crippen LogP contribution in [0.3, 0.4) is 0 Å². The van der Waals surface area contributed by atoms with E-state index < -0.39 is 33.3 Å². The molecule has 1 aromatic carbocycles. The van der Waals surface area contributed by atoms with Gasteiger partial charge in [-0.1, -0.05) is 19.3 Å². The Hall–Kier alpha value is -1.24. The number of hydrogen-bond acceptors (Lipinski definition) is 3. The van der Waals surface area contributed by atoms with Crippen molar-refractivity contribution < 1.29 is 25.8 Å². The molecule has 112 valence electrons. The van der Waals surface area contributed by atoms with Crippen LogP contribution in [0.15, 0.2) is 6.07 Å². The van der Waals surface area contributed by atoms with Gasteiger partial charge in [0, 0.05) is 11.6 Å². The van der Waals surface area contributed by atoms with Gasteiger partial charge in [-0.15, -0.1) is 0 Å². The van der Waals surface area contributed by atoms with Crippen molar-refractivity contribution in [1.29, 1.82) is 0 Å². The SMILES string of the molecule is CS(=O)(=O)Oc1cc(F)c(C2CCCCC2)c(F)c1F. The third-order valence-corrected chi connectivity index (χ3v) is 3.90. The molecule has 0 bridgehead atoms. The van der Waals surface area contributed by atoms with Gasteiger partial charge in [-0.05, 0) is 18.8 Å². The van der Waals surface area contributed by atoms with Crippen LogP contribution >= 0.6 is 0 Å². The molecule has 7 heteroatoms. The Morgan fingerprint density at radius 1 is 1.10 bits per heavy atom. The molecular weight excluding hydrogens is 293 g/mol. The largest absolute Gasteiger partial charge is 0.379 e. The molecule has 0 aliphatic heterocycles. The molecule has 1 aliphatic carbocycles. The van der Waals surface area contributed by atoms with Gasteiger partial charge >= 0.3 is 10.1 Å². The molecule has 3 nitrogen and oxygen atoms in total. The Morgan fingerprint density at radius 2 is 1.70 bits per heavy atom. The summed E-state index contributed by atoms with van der Waals surface area (Å²) in [4.78, 5) is 0. The van der Waals surface area contributed by atoms with E-state index in [0.29, 0.717) is 25.2 Å². The molecule has 1 aliphatic rings. The molecule has 1 saturated carbocycles. The summed E-state index contributed by atoms with van der Waals surface area (Å²) in [7, 11) is -4.04. The Morgan fingerprint density at radius 3 is 2.25 bits per heavy atom. The van der Waals surface area contributed by atoms with Gasteiger partial charge in [-0.2, -0.15) is 12.8 Å². The standard InChI is InChI=1S/C13H15F3O3S/c1-20(17,18)19-10-7-9(14)11(13(16)12(10)15)8-5-3-2-4-6-8/h7-8H,2-6H2,1H3. The van der Waals surface area contributed by atoms with Crippen molar-refractivity contribution in [3.63, 3.8) is 0 Å². The van der Waals surface area contributed by atoms with Crippen molar-refractivity contribution in [1.82, 2.24) is 0 Å². The van der Waals surface area contributed by atoms with Crippen LogP contribution in [0.25, 0.3) is 0 Å². The summed E-state index contributed by atoms with van der Waals surface area (Å²) >= 11 is 0. The minimum absolute atomic E-state index is 0.303. The van der Waals surface area contributed by atoms with Crippen molar-refractivity contribution in [2.75, 3.05) is 6.26 Å². The first kappa shape index (κ1) is 15.2. The van der Waals surface area contributed by atoms with Gasteiger partial charge in [-0.25, -0.2) is 8.78 Å². The fraction of sp³-hybridized carbons (Fsp3) is 0.538. The Bertz CT molecular complexity index is 608. The molecule has 1 fully saturated rings. The van der Waals surface area contributed by atoms with E-state index in [2.05, 4.69) is 4.18 Å². The molecule has 0 amide bonds. The lowest BCUT2D eigenvalue weighted by atomic mass is 9.83. The van der Waals surface area contributed by atoms with Crippen molar-refractivity contribution in [3.05, 3.63) is 29.1 Å². The first-order valence-electron chi connectivity index (χ1n) is 6.36. The van der Waals surface area contributed by atoms with Gasteiger partial charge in [0.25, 0.3) is 0 Å². The van der Waals surface area contributed by atoms with E-state index in [0.717, 1.165) is 19.3 Å². The Labute approximate surface area is 115 Å². The molecule has 0 N–H and O–H groups in total. The molecule has 0 spiro atoms. The van der Waals surface area contributed by atoms with Crippen LogP contribution in [0.1, 0.15) is 43.6 Å². The van der Waals surface area contributed by atoms with Gasteiger partial charge < -0.3 is 4.18 Å². The smallest absolute Gasteiger partial charge is 0.306 e. The second-order valence-corrected chi connectivity index (χ2v) is 6.60. The Kier molecular flexibility index (Phi) is 4.27. The minimum atomic E-state index is -4.04. The highest BCUT2D eigenvalue weighted by atomic mass is 32.2. The van der Waals surface area contributed by atoms with Crippen LogP contribution in [0.2, 0.25) is 0 Å². The van der Waals surface area contributed by atoms with Crippen molar-refractivity contribution >= 4 is 10.1 Å². The van der Waals surface area contributed by atoms with E-state index in [9.17, 15) is 21.6 Å². The van der Waals surface area contributed by atoms with Crippen LogP contribution < -0.4 is 4.18 Å². The molecule has 2 rings (SSSR count). The topological polar surface area (TPSA) is 43.4 Å². The van der Waals surface area contributed by atoms with E-state index in [1.807, 2.05) is 0 Å². The van der Waals surface area contributed by atoms with Crippen molar-refractivity contribution in [3.8, 4) is 5.75 Å². The lowest BCUT2D eigenvalue weighted by molar-refractivity contribution is 0.386. The van der Waals surface area contributed by atoms with E-state index >= 15 is 0 Å². The number of halogens is 3. The average Bonchev–Trinajstić information content (AvgIpc) is 2.35. The van der Waals surface area contributed by atoms with Crippen molar-refractivity contribution in [2.45, 2.75) is 38.0 Å². The summed E-state index contributed by atoms with van der Waals surface area (Å²) in [5.74, 6) is -5.09. The summed E-state index contributed by atoms with van der Waals surface area (Å²) in [5, 5.41) is 0. The maximum atomic E-state index is 14.0. The van der Waals surface area contributed by atoms with E-state index in [-0.39, 0.29) is 11.5 Å². The van der Waals surface area contributed by atoms with Gasteiger partial charge in [0.15, 0.2) is 11.6 Å². The highest BCUT2D eigenvalue weighted by molar-refractivity contribution is 7.86. The normalized spacial score (nSPS) is 17.2. The summed E-state index contributed by atoms with van der Waals surface area (Å²) in [6.45, 7) is 0. The number of rotatable bonds is 3. The third kappa shape index (κ3) is 3.26. The lowest BCUT2D eigenvalue weighted by Crippen LogP contribution is -2.13. The summed E-state index contributed by atoms with van der Waals surface area (Å²) in [5.41, 5.74) is -0.303. The number of hydrogen-bond donors (Lipinski definition) is 0. The van der Waals surface area contributed by atoms with Gasteiger partial charge in [0.2, 0.25) is 5.82 Å². The maximum Gasteiger partial charge on any atom is 0.306 e. The van der Waals surface area contributed by atoms with Gasteiger partial charge in [0.1, 0.15) is 5.82 Å². The molecule has 0 aromatic heterocycles. The fourth-order valence-electron chi connectivity index (χ4n) is 2.58. The summed E-state index contributed by atoms with van der Waals surface area (Å²) in [6.07, 6.45) is 4.55. The van der Waals surface area contributed by atoms with Gasteiger partial charge in [-0.3, -0.25) is 0 Å². The monoisotopic (exact) mass is 308 g/mol. The first-order chi connectivity index (χ1) is 9.29. The highest BCUT2D eigenvalue weighted by Crippen LogP contribution is 2.38. The fourth-order valence-corrected chi connectivity index (χ4v) is 3.02. The van der Waals surface area contributed by atoms with Crippen molar-refractivity contribution in [2.24, 2.45) is 0 Å². The quantitative estimate of drug-likeness (QED) is 0.634. The van der Waals surface area contributed by atoms with E-state index in [4.69, 9.17) is 0 Å². The molecule has 0 atom stereocenters. The molecule has 0 unspecified atom stereocenters. The molecule has 0 radical (unpaired) electrons. The number of benzene rings is 1. The third-order valence-electron chi connectivity index (χ3n) is 3.42. The van der Waals surface area contributed by atoms with E-state index in [1.165, 1.54) is 0 Å². The maximum absolute atomic E-state index is 14.0. The minimum Gasteiger partial charge on any atom is -0.379 e. The molecular formula is C13H15F3O3S. The first-order valence-corrected chi connectivity index (χ1v) is 8.18. The zero-order valence-electron chi connectivity index (χ0n) is 11.0. The molecule has 0 saturated heterocycles. The highest BCUT2D eigenvalue weighted by Gasteiger charge is 2.28. The predicted octanol–water partition coefficient (Wildman–Crippen LogP) is 3.49. The molecule has 1 aromatic rings. The van der Waals surface area contributed by atoms with E-state index in [1.54, 1.807) is 0 Å². The summed E-state index contributed by atoms with van der Waals surface area (Å²) < 4.78 is 67.9. The molecule has 0 heterocycles. The zero-order chi connectivity index (χ0) is 14.9. The summed E-state index contributed by atoms with van der Waals surface area (Å²) in [6, 6.07) is 0.601. The second-order valence-electron chi connectivity index (χ2n) is 5.02. The Balaban J connectivity index is 2.43. The average molecular weight is 308 g/mol. The van der Waals surface area contributed by atoms with Crippen LogP contribution in [0.4, 0.5) is 13.2 Å². The lowest BCUT2D eigenvalue weighted by Gasteiger charge is -2.23. The predicted molar refractivity (Wildman–Crippen MR) is 67.6 cm³/mol. The van der Waals surface area contributed by atoms with Crippen LogP contribution in [-0.2, 0) is 10.1 Å². The second kappa shape index (κ2) is 5.63. The van der Waals surface area contributed by atoms with Crippen LogP contribution in [-0.4, -0.2) is 14.7 Å². The van der Waals surface area contributed by atoms with Crippen LogP contribution in [0.5, 0.6) is 5.75 Å². The van der Waals surface area contributed by atoms with Crippen LogP contribution in [0, 0.1) is 17.5 Å². The zero-order valence-corrected chi connectivity index (χ0v) is 11.8. The molecule has 20 heavy (non-hydrogen) atoms. The van der Waals surface area contributed by atoms with Gasteiger partial charge in [0.05, 0.1) is 6.26 Å².